The predicted molar refractivity (Wildman–Crippen MR) is 121 cm³/mol. The molecule has 0 spiro atoms. The SMILES string of the molecule is CCC(C)Nc1c(Cc2ccccc2)c(C)nc2c(-c3ccccc3)c(C)nn12. The fourth-order valence-electron chi connectivity index (χ4n) is 3.74. The van der Waals surface area contributed by atoms with Gasteiger partial charge in [0.2, 0.25) is 0 Å². The van der Waals surface area contributed by atoms with Crippen LogP contribution in [0.25, 0.3) is 16.8 Å². The standard InChI is InChI=1S/C25H28N4/c1-5-17(2)26-24-22(16-20-12-8-6-9-13-20)18(3)27-25-23(19(4)28-29(24)25)21-14-10-7-11-15-21/h6-15,17,26H,5,16H2,1-4H3. The lowest BCUT2D eigenvalue weighted by atomic mass is 10.0. The van der Waals surface area contributed by atoms with Gasteiger partial charge in [-0.2, -0.15) is 9.61 Å². The third-order valence-corrected chi connectivity index (χ3v) is 5.53. The molecule has 1 atom stereocenters. The van der Waals surface area contributed by atoms with Gasteiger partial charge in [-0.05, 0) is 38.3 Å². The van der Waals surface area contributed by atoms with Crippen LogP contribution in [-0.4, -0.2) is 20.6 Å². The number of nitrogens with zero attached hydrogens (tertiary/aromatic N) is 3. The minimum atomic E-state index is 0.346. The van der Waals surface area contributed by atoms with Crippen LogP contribution in [0.3, 0.4) is 0 Å². The molecule has 2 aromatic carbocycles. The Morgan fingerprint density at radius 3 is 2.24 bits per heavy atom. The third kappa shape index (κ3) is 3.75. The third-order valence-electron chi connectivity index (χ3n) is 5.53. The van der Waals surface area contributed by atoms with Crippen molar-refractivity contribution in [2.45, 2.75) is 46.6 Å². The number of benzene rings is 2. The van der Waals surface area contributed by atoms with Crippen LogP contribution < -0.4 is 5.32 Å². The minimum Gasteiger partial charge on any atom is -0.367 e. The van der Waals surface area contributed by atoms with Crippen molar-refractivity contribution in [3.63, 3.8) is 0 Å². The van der Waals surface area contributed by atoms with E-state index in [0.29, 0.717) is 6.04 Å². The van der Waals surface area contributed by atoms with Gasteiger partial charge >= 0.3 is 0 Å². The lowest BCUT2D eigenvalue weighted by molar-refractivity contribution is 0.742. The number of rotatable bonds is 6. The second kappa shape index (κ2) is 8.08. The van der Waals surface area contributed by atoms with E-state index in [1.165, 1.54) is 11.1 Å². The first kappa shape index (κ1) is 19.2. The van der Waals surface area contributed by atoms with E-state index in [0.717, 1.165) is 46.8 Å². The normalized spacial score (nSPS) is 12.3. The highest BCUT2D eigenvalue weighted by Crippen LogP contribution is 2.32. The molecule has 0 saturated heterocycles. The van der Waals surface area contributed by atoms with Crippen LogP contribution in [0, 0.1) is 13.8 Å². The molecule has 4 nitrogen and oxygen atoms in total. The summed E-state index contributed by atoms with van der Waals surface area (Å²) in [5.41, 5.74) is 7.68. The predicted octanol–water partition coefficient (Wildman–Crippen LogP) is 5.81. The largest absolute Gasteiger partial charge is 0.367 e. The Labute approximate surface area is 172 Å². The summed E-state index contributed by atoms with van der Waals surface area (Å²) in [6, 6.07) is 21.3. The van der Waals surface area contributed by atoms with E-state index in [9.17, 15) is 0 Å². The Balaban J connectivity index is 1.94. The Bertz CT molecular complexity index is 1110. The lowest BCUT2D eigenvalue weighted by Crippen LogP contribution is -2.19. The molecular formula is C25H28N4. The van der Waals surface area contributed by atoms with Gasteiger partial charge in [-0.3, -0.25) is 0 Å². The quantitative estimate of drug-likeness (QED) is 0.456. The highest BCUT2D eigenvalue weighted by Gasteiger charge is 2.20. The molecule has 4 aromatic rings. The summed E-state index contributed by atoms with van der Waals surface area (Å²) >= 11 is 0. The maximum Gasteiger partial charge on any atom is 0.165 e. The molecule has 0 bridgehead atoms. The Morgan fingerprint density at radius 1 is 0.931 bits per heavy atom. The van der Waals surface area contributed by atoms with Crippen LogP contribution in [0.15, 0.2) is 60.7 Å². The van der Waals surface area contributed by atoms with Gasteiger partial charge in [0.15, 0.2) is 5.65 Å². The first-order chi connectivity index (χ1) is 14.1. The first-order valence-electron chi connectivity index (χ1n) is 10.3. The van der Waals surface area contributed by atoms with Gasteiger partial charge in [0, 0.05) is 29.3 Å². The van der Waals surface area contributed by atoms with Crippen molar-refractivity contribution < 1.29 is 0 Å². The monoisotopic (exact) mass is 384 g/mol. The van der Waals surface area contributed by atoms with Gasteiger partial charge in [0.1, 0.15) is 5.82 Å². The van der Waals surface area contributed by atoms with Crippen molar-refractivity contribution in [1.29, 1.82) is 0 Å². The molecule has 0 aliphatic carbocycles. The average molecular weight is 385 g/mol. The van der Waals surface area contributed by atoms with Gasteiger partial charge in [0.25, 0.3) is 0 Å². The van der Waals surface area contributed by atoms with E-state index in [4.69, 9.17) is 10.1 Å². The molecule has 0 saturated carbocycles. The maximum atomic E-state index is 5.02. The van der Waals surface area contributed by atoms with Crippen molar-refractivity contribution in [1.82, 2.24) is 14.6 Å². The Hall–Kier alpha value is -3.14. The van der Waals surface area contributed by atoms with Gasteiger partial charge in [-0.25, -0.2) is 4.98 Å². The molecule has 2 heterocycles. The summed E-state index contributed by atoms with van der Waals surface area (Å²) in [5, 5.41) is 8.63. The number of nitrogens with one attached hydrogen (secondary N) is 1. The molecule has 0 radical (unpaired) electrons. The smallest absolute Gasteiger partial charge is 0.165 e. The fraction of sp³-hybridized carbons (Fsp3) is 0.280. The molecule has 0 amide bonds. The molecule has 4 heteroatoms. The molecular weight excluding hydrogens is 356 g/mol. The van der Waals surface area contributed by atoms with Crippen molar-refractivity contribution >= 4 is 11.5 Å². The van der Waals surface area contributed by atoms with E-state index >= 15 is 0 Å². The molecule has 2 aromatic heterocycles. The van der Waals surface area contributed by atoms with Crippen LogP contribution in [0.4, 0.5) is 5.82 Å². The van der Waals surface area contributed by atoms with E-state index in [1.54, 1.807) is 0 Å². The Kier molecular flexibility index (Phi) is 5.34. The molecule has 4 rings (SSSR count). The molecule has 29 heavy (non-hydrogen) atoms. The lowest BCUT2D eigenvalue weighted by Gasteiger charge is -2.19. The van der Waals surface area contributed by atoms with Crippen molar-refractivity contribution in [2.75, 3.05) is 5.32 Å². The highest BCUT2D eigenvalue weighted by molar-refractivity contribution is 5.81. The molecule has 148 valence electrons. The highest BCUT2D eigenvalue weighted by atomic mass is 15.3. The van der Waals surface area contributed by atoms with Crippen LogP contribution in [0.2, 0.25) is 0 Å². The molecule has 0 aliphatic rings. The zero-order valence-electron chi connectivity index (χ0n) is 17.6. The topological polar surface area (TPSA) is 42.2 Å². The summed E-state index contributed by atoms with van der Waals surface area (Å²) < 4.78 is 2.01. The second-order valence-electron chi connectivity index (χ2n) is 7.70. The summed E-state index contributed by atoms with van der Waals surface area (Å²) in [4.78, 5) is 5.02. The number of aryl methyl sites for hydroxylation is 2. The zero-order chi connectivity index (χ0) is 20.4. The van der Waals surface area contributed by atoms with E-state index in [1.807, 2.05) is 10.6 Å². The van der Waals surface area contributed by atoms with E-state index in [-0.39, 0.29) is 0 Å². The minimum absolute atomic E-state index is 0.346. The van der Waals surface area contributed by atoms with Crippen LogP contribution in [-0.2, 0) is 6.42 Å². The van der Waals surface area contributed by atoms with Crippen LogP contribution in [0.1, 0.15) is 42.8 Å². The van der Waals surface area contributed by atoms with Crippen molar-refractivity contribution in [3.05, 3.63) is 83.2 Å². The Morgan fingerprint density at radius 2 is 1.59 bits per heavy atom. The number of anilines is 1. The summed E-state index contributed by atoms with van der Waals surface area (Å²) in [7, 11) is 0. The molecule has 0 fully saturated rings. The van der Waals surface area contributed by atoms with Gasteiger partial charge in [-0.1, -0.05) is 67.6 Å². The van der Waals surface area contributed by atoms with Crippen molar-refractivity contribution in [3.8, 4) is 11.1 Å². The molecule has 0 aliphatic heterocycles. The van der Waals surface area contributed by atoms with E-state index < -0.39 is 0 Å². The maximum absolute atomic E-state index is 5.02. The van der Waals surface area contributed by atoms with Crippen LogP contribution in [0.5, 0.6) is 0 Å². The van der Waals surface area contributed by atoms with Crippen LogP contribution >= 0.6 is 0 Å². The van der Waals surface area contributed by atoms with Gasteiger partial charge in [-0.15, -0.1) is 0 Å². The van der Waals surface area contributed by atoms with Gasteiger partial charge in [0.05, 0.1) is 5.69 Å². The number of hydrogen-bond donors (Lipinski definition) is 1. The summed E-state index contributed by atoms with van der Waals surface area (Å²) in [6.07, 6.45) is 1.87. The average Bonchev–Trinajstić information content (AvgIpc) is 3.07. The summed E-state index contributed by atoms with van der Waals surface area (Å²) in [5.74, 6) is 1.05. The van der Waals surface area contributed by atoms with Gasteiger partial charge < -0.3 is 5.32 Å². The second-order valence-corrected chi connectivity index (χ2v) is 7.70. The number of hydrogen-bond acceptors (Lipinski definition) is 3. The summed E-state index contributed by atoms with van der Waals surface area (Å²) in [6.45, 7) is 8.58. The zero-order valence-corrected chi connectivity index (χ0v) is 17.6. The van der Waals surface area contributed by atoms with Crippen molar-refractivity contribution in [2.24, 2.45) is 0 Å². The first-order valence-corrected chi connectivity index (χ1v) is 10.3. The molecule has 1 unspecified atom stereocenters. The molecule has 1 N–H and O–H groups in total. The fourth-order valence-corrected chi connectivity index (χ4v) is 3.74. The van der Waals surface area contributed by atoms with E-state index in [2.05, 4.69) is 87.6 Å². The number of aromatic nitrogens is 3. The number of fused-ring (bicyclic) bond motifs is 1.